The standard InChI is InChI=1S/C16H26N2O3/c1-3-5-13(19)15(21)17-9-6-16(7-10-17)8-11-18(12-16)14(20)4-2/h4,13,19H,2-3,5-12H2,1H3/t13-/m0/s1. The van der Waals surface area contributed by atoms with Crippen LogP contribution in [0.25, 0.3) is 0 Å². The van der Waals surface area contributed by atoms with E-state index >= 15 is 0 Å². The van der Waals surface area contributed by atoms with Gasteiger partial charge in [0.15, 0.2) is 0 Å². The van der Waals surface area contributed by atoms with Gasteiger partial charge in [0.1, 0.15) is 6.10 Å². The van der Waals surface area contributed by atoms with Gasteiger partial charge in [-0.3, -0.25) is 9.59 Å². The van der Waals surface area contributed by atoms with Gasteiger partial charge in [-0.1, -0.05) is 19.9 Å². The van der Waals surface area contributed by atoms with Gasteiger partial charge in [0, 0.05) is 26.2 Å². The van der Waals surface area contributed by atoms with Crippen LogP contribution in [0.1, 0.15) is 39.0 Å². The van der Waals surface area contributed by atoms with Crippen molar-refractivity contribution in [1.82, 2.24) is 9.80 Å². The first-order chi connectivity index (χ1) is 10.0. The van der Waals surface area contributed by atoms with Crippen molar-refractivity contribution in [3.05, 3.63) is 12.7 Å². The monoisotopic (exact) mass is 294 g/mol. The molecule has 21 heavy (non-hydrogen) atoms. The number of aliphatic hydroxyl groups excluding tert-OH is 1. The highest BCUT2D eigenvalue weighted by Gasteiger charge is 2.42. The fraction of sp³-hybridized carbons (Fsp3) is 0.750. The molecule has 5 nitrogen and oxygen atoms in total. The largest absolute Gasteiger partial charge is 0.383 e. The maximum Gasteiger partial charge on any atom is 0.251 e. The fourth-order valence-corrected chi connectivity index (χ4v) is 3.47. The zero-order valence-electron chi connectivity index (χ0n) is 12.9. The molecule has 0 bridgehead atoms. The van der Waals surface area contributed by atoms with E-state index in [-0.39, 0.29) is 17.2 Å². The molecule has 5 heteroatoms. The highest BCUT2D eigenvalue weighted by molar-refractivity contribution is 5.87. The Balaban J connectivity index is 1.87. The van der Waals surface area contributed by atoms with Crippen molar-refractivity contribution < 1.29 is 14.7 Å². The summed E-state index contributed by atoms with van der Waals surface area (Å²) in [4.78, 5) is 27.4. The number of hydrogen-bond donors (Lipinski definition) is 1. The molecular weight excluding hydrogens is 268 g/mol. The number of nitrogens with zero attached hydrogens (tertiary/aromatic N) is 2. The fourth-order valence-electron chi connectivity index (χ4n) is 3.47. The van der Waals surface area contributed by atoms with Crippen molar-refractivity contribution in [3.8, 4) is 0 Å². The van der Waals surface area contributed by atoms with Crippen LogP contribution in [0.3, 0.4) is 0 Å². The lowest BCUT2D eigenvalue weighted by molar-refractivity contribution is -0.143. The van der Waals surface area contributed by atoms with E-state index in [9.17, 15) is 14.7 Å². The molecule has 1 atom stereocenters. The lowest BCUT2D eigenvalue weighted by Gasteiger charge is -2.39. The van der Waals surface area contributed by atoms with Gasteiger partial charge in [-0.05, 0) is 37.2 Å². The summed E-state index contributed by atoms with van der Waals surface area (Å²) in [5.41, 5.74) is 0.158. The average molecular weight is 294 g/mol. The lowest BCUT2D eigenvalue weighted by atomic mass is 9.77. The van der Waals surface area contributed by atoms with E-state index in [0.29, 0.717) is 19.5 Å². The van der Waals surface area contributed by atoms with E-state index in [1.807, 2.05) is 11.8 Å². The van der Waals surface area contributed by atoms with Crippen LogP contribution in [0.5, 0.6) is 0 Å². The summed E-state index contributed by atoms with van der Waals surface area (Å²) in [7, 11) is 0. The number of amides is 2. The molecule has 2 aliphatic rings. The Morgan fingerprint density at radius 2 is 1.81 bits per heavy atom. The minimum atomic E-state index is -0.855. The van der Waals surface area contributed by atoms with Gasteiger partial charge < -0.3 is 14.9 Å². The highest BCUT2D eigenvalue weighted by atomic mass is 16.3. The van der Waals surface area contributed by atoms with E-state index in [4.69, 9.17) is 0 Å². The van der Waals surface area contributed by atoms with Crippen molar-refractivity contribution in [3.63, 3.8) is 0 Å². The summed E-state index contributed by atoms with van der Waals surface area (Å²) in [6.45, 7) is 8.45. The second-order valence-corrected chi connectivity index (χ2v) is 6.34. The van der Waals surface area contributed by atoms with E-state index in [1.54, 1.807) is 4.90 Å². The summed E-state index contributed by atoms with van der Waals surface area (Å²) in [6, 6.07) is 0. The maximum atomic E-state index is 12.1. The molecule has 2 fully saturated rings. The van der Waals surface area contributed by atoms with Gasteiger partial charge >= 0.3 is 0 Å². The Labute approximate surface area is 126 Å². The van der Waals surface area contributed by atoms with Crippen LogP contribution in [-0.2, 0) is 9.59 Å². The van der Waals surface area contributed by atoms with E-state index in [1.165, 1.54) is 6.08 Å². The number of piperidine rings is 1. The minimum Gasteiger partial charge on any atom is -0.383 e. The highest BCUT2D eigenvalue weighted by Crippen LogP contribution is 2.40. The zero-order valence-corrected chi connectivity index (χ0v) is 12.9. The van der Waals surface area contributed by atoms with Crippen molar-refractivity contribution >= 4 is 11.8 Å². The first-order valence-corrected chi connectivity index (χ1v) is 7.89. The first-order valence-electron chi connectivity index (χ1n) is 7.89. The third-order valence-electron chi connectivity index (χ3n) is 4.91. The van der Waals surface area contributed by atoms with Crippen LogP contribution in [0, 0.1) is 5.41 Å². The van der Waals surface area contributed by atoms with E-state index in [2.05, 4.69) is 6.58 Å². The molecule has 2 saturated heterocycles. The molecule has 2 rings (SSSR count). The molecule has 0 unspecified atom stereocenters. The quantitative estimate of drug-likeness (QED) is 0.792. The summed E-state index contributed by atoms with van der Waals surface area (Å²) in [5.74, 6) is -0.132. The van der Waals surface area contributed by atoms with Gasteiger partial charge in [0.25, 0.3) is 5.91 Å². The van der Waals surface area contributed by atoms with Crippen molar-refractivity contribution in [2.24, 2.45) is 5.41 Å². The summed E-state index contributed by atoms with van der Waals surface area (Å²) >= 11 is 0. The number of aliphatic hydroxyl groups is 1. The molecule has 1 N–H and O–H groups in total. The minimum absolute atomic E-state index is 0.00347. The van der Waals surface area contributed by atoms with Gasteiger partial charge in [-0.25, -0.2) is 0 Å². The van der Waals surface area contributed by atoms with Crippen molar-refractivity contribution in [2.75, 3.05) is 26.2 Å². The summed E-state index contributed by atoms with van der Waals surface area (Å²) < 4.78 is 0. The Morgan fingerprint density at radius 3 is 2.33 bits per heavy atom. The number of hydrogen-bond acceptors (Lipinski definition) is 3. The molecule has 0 aromatic carbocycles. The molecule has 1 spiro atoms. The zero-order chi connectivity index (χ0) is 15.5. The van der Waals surface area contributed by atoms with Crippen LogP contribution >= 0.6 is 0 Å². The van der Waals surface area contributed by atoms with Gasteiger partial charge in [-0.15, -0.1) is 0 Å². The molecule has 0 aromatic rings. The molecule has 0 saturated carbocycles. The smallest absolute Gasteiger partial charge is 0.251 e. The maximum absolute atomic E-state index is 12.1. The molecule has 2 aliphatic heterocycles. The summed E-state index contributed by atoms with van der Waals surface area (Å²) in [6.07, 6.45) is 4.69. The Kier molecular flexibility index (Phi) is 5.04. The number of carbonyl (C=O) groups is 2. The van der Waals surface area contributed by atoms with Crippen LogP contribution in [0.4, 0.5) is 0 Å². The second-order valence-electron chi connectivity index (χ2n) is 6.34. The van der Waals surface area contributed by atoms with Gasteiger partial charge in [0.05, 0.1) is 0 Å². The third kappa shape index (κ3) is 3.46. The normalized spacial score (nSPS) is 22.4. The average Bonchev–Trinajstić information content (AvgIpc) is 2.90. The number of likely N-dealkylation sites (tertiary alicyclic amines) is 2. The predicted octanol–water partition coefficient (Wildman–Crippen LogP) is 1.17. The molecule has 0 aliphatic carbocycles. The molecule has 2 amide bonds. The second kappa shape index (κ2) is 6.60. The van der Waals surface area contributed by atoms with Crippen molar-refractivity contribution in [2.45, 2.75) is 45.1 Å². The van der Waals surface area contributed by atoms with Crippen LogP contribution < -0.4 is 0 Å². The topological polar surface area (TPSA) is 60.9 Å². The van der Waals surface area contributed by atoms with E-state index < -0.39 is 6.10 Å². The molecular formula is C16H26N2O3. The number of rotatable bonds is 4. The summed E-state index contributed by atoms with van der Waals surface area (Å²) in [5, 5.41) is 9.82. The van der Waals surface area contributed by atoms with E-state index in [0.717, 1.165) is 38.8 Å². The molecule has 2 heterocycles. The Hall–Kier alpha value is -1.36. The SMILES string of the molecule is C=CC(=O)N1CCC2(CCN(C(=O)[C@@H](O)CCC)CC2)C1. The first kappa shape index (κ1) is 16.0. The molecule has 0 radical (unpaired) electrons. The Bertz CT molecular complexity index is 414. The van der Waals surface area contributed by atoms with Crippen LogP contribution in [0.2, 0.25) is 0 Å². The molecule has 118 valence electrons. The Morgan fingerprint density at radius 1 is 1.24 bits per heavy atom. The van der Waals surface area contributed by atoms with Gasteiger partial charge in [-0.2, -0.15) is 0 Å². The number of carbonyl (C=O) groups excluding carboxylic acids is 2. The molecule has 0 aromatic heterocycles. The van der Waals surface area contributed by atoms with Crippen molar-refractivity contribution in [1.29, 1.82) is 0 Å². The predicted molar refractivity (Wildman–Crippen MR) is 80.6 cm³/mol. The van der Waals surface area contributed by atoms with Crippen LogP contribution in [0.15, 0.2) is 12.7 Å². The van der Waals surface area contributed by atoms with Gasteiger partial charge in [0.2, 0.25) is 5.91 Å². The van der Waals surface area contributed by atoms with Crippen LogP contribution in [-0.4, -0.2) is 59.0 Å². The lowest BCUT2D eigenvalue weighted by Crippen LogP contribution is -2.47. The third-order valence-corrected chi connectivity index (χ3v) is 4.91.